The molecule has 5 heteroatoms. The van der Waals surface area contributed by atoms with Crippen molar-refractivity contribution in [1.29, 1.82) is 0 Å². The minimum atomic E-state index is -1.07. The van der Waals surface area contributed by atoms with E-state index in [1.165, 1.54) is 0 Å². The first-order valence-electron chi connectivity index (χ1n) is 10.1. The highest BCUT2D eigenvalue weighted by Gasteiger charge is 2.34. The Bertz CT molecular complexity index is 501. The fraction of sp³-hybridized carbons (Fsp3) is 0.909. The monoisotopic (exact) mass is 385 g/mol. The van der Waals surface area contributed by atoms with E-state index in [2.05, 4.69) is 46.9 Å². The SMILES string of the molecule is CCC(C)(C)CC(C)(C)OCC(NC(=O)C(C)(C)CCC(C)(C)C)C(=O)O. The lowest BCUT2D eigenvalue weighted by molar-refractivity contribution is -0.148. The van der Waals surface area contributed by atoms with Crippen molar-refractivity contribution in [3.8, 4) is 0 Å². The van der Waals surface area contributed by atoms with Crippen LogP contribution in [0.4, 0.5) is 0 Å². The third kappa shape index (κ3) is 10.7. The average Bonchev–Trinajstić information content (AvgIpc) is 2.47. The number of carbonyl (C=O) groups excluding carboxylic acids is 1. The van der Waals surface area contributed by atoms with Gasteiger partial charge in [-0.2, -0.15) is 0 Å². The number of aliphatic carboxylic acids is 1. The Morgan fingerprint density at radius 2 is 1.48 bits per heavy atom. The van der Waals surface area contributed by atoms with Crippen LogP contribution in [0.1, 0.15) is 94.9 Å². The molecule has 1 atom stereocenters. The molecule has 0 rings (SSSR count). The van der Waals surface area contributed by atoms with Crippen LogP contribution >= 0.6 is 0 Å². The van der Waals surface area contributed by atoms with E-state index in [0.717, 1.165) is 19.3 Å². The zero-order chi connectivity index (χ0) is 21.7. The molecule has 0 spiro atoms. The van der Waals surface area contributed by atoms with Crippen molar-refractivity contribution in [3.05, 3.63) is 0 Å². The summed E-state index contributed by atoms with van der Waals surface area (Å²) >= 11 is 0. The Morgan fingerprint density at radius 1 is 0.963 bits per heavy atom. The minimum Gasteiger partial charge on any atom is -0.480 e. The minimum absolute atomic E-state index is 0.0385. The fourth-order valence-corrected chi connectivity index (χ4v) is 2.97. The van der Waals surface area contributed by atoms with Gasteiger partial charge in [0.05, 0.1) is 12.2 Å². The van der Waals surface area contributed by atoms with Gasteiger partial charge in [-0.1, -0.05) is 61.8 Å². The number of nitrogens with one attached hydrogen (secondary N) is 1. The smallest absolute Gasteiger partial charge is 0.328 e. The highest BCUT2D eigenvalue weighted by molar-refractivity contribution is 5.87. The summed E-state index contributed by atoms with van der Waals surface area (Å²) in [6, 6.07) is -1.05. The summed E-state index contributed by atoms with van der Waals surface area (Å²) in [5.74, 6) is -1.31. The summed E-state index contributed by atoms with van der Waals surface area (Å²) in [4.78, 5) is 24.3. The first kappa shape index (κ1) is 25.9. The van der Waals surface area contributed by atoms with Gasteiger partial charge in [0.2, 0.25) is 5.91 Å². The first-order chi connectivity index (χ1) is 11.9. The molecule has 5 nitrogen and oxygen atoms in total. The molecule has 0 aliphatic carbocycles. The van der Waals surface area contributed by atoms with E-state index in [-0.39, 0.29) is 23.3 Å². The van der Waals surface area contributed by atoms with Crippen LogP contribution in [0.3, 0.4) is 0 Å². The zero-order valence-electron chi connectivity index (χ0n) is 19.3. The Labute approximate surface area is 166 Å². The van der Waals surface area contributed by atoms with Crippen LogP contribution < -0.4 is 5.32 Å². The van der Waals surface area contributed by atoms with Crippen molar-refractivity contribution in [2.75, 3.05) is 6.61 Å². The average molecular weight is 386 g/mol. The van der Waals surface area contributed by atoms with Crippen LogP contribution in [0.25, 0.3) is 0 Å². The third-order valence-electron chi connectivity index (χ3n) is 5.22. The van der Waals surface area contributed by atoms with Gasteiger partial charge in [0, 0.05) is 5.41 Å². The number of carbonyl (C=O) groups is 2. The zero-order valence-corrected chi connectivity index (χ0v) is 19.3. The second kappa shape index (κ2) is 9.40. The summed E-state index contributed by atoms with van der Waals surface area (Å²) in [5, 5.41) is 12.2. The number of amides is 1. The molecule has 160 valence electrons. The maximum absolute atomic E-state index is 12.7. The molecular weight excluding hydrogens is 342 g/mol. The molecule has 0 radical (unpaired) electrons. The number of ether oxygens (including phenoxy) is 1. The molecule has 0 aromatic rings. The van der Waals surface area contributed by atoms with E-state index in [0.29, 0.717) is 6.42 Å². The van der Waals surface area contributed by atoms with Crippen LogP contribution in [0.5, 0.6) is 0 Å². The van der Waals surface area contributed by atoms with Gasteiger partial charge in [0.1, 0.15) is 0 Å². The topological polar surface area (TPSA) is 75.6 Å². The van der Waals surface area contributed by atoms with Crippen LogP contribution in [0.2, 0.25) is 0 Å². The van der Waals surface area contributed by atoms with Crippen LogP contribution in [0.15, 0.2) is 0 Å². The summed E-state index contributed by atoms with van der Waals surface area (Å²) in [6.45, 7) is 20.5. The van der Waals surface area contributed by atoms with Gasteiger partial charge < -0.3 is 15.2 Å². The highest BCUT2D eigenvalue weighted by Crippen LogP contribution is 2.33. The van der Waals surface area contributed by atoms with Gasteiger partial charge in [-0.25, -0.2) is 4.79 Å². The quantitative estimate of drug-likeness (QED) is 0.523. The largest absolute Gasteiger partial charge is 0.480 e. The highest BCUT2D eigenvalue weighted by atomic mass is 16.5. The summed E-state index contributed by atoms with van der Waals surface area (Å²) in [7, 11) is 0. The second-order valence-electron chi connectivity index (χ2n) is 11.1. The third-order valence-corrected chi connectivity index (χ3v) is 5.22. The molecule has 1 amide bonds. The van der Waals surface area contributed by atoms with Gasteiger partial charge in [0.15, 0.2) is 6.04 Å². The predicted molar refractivity (Wildman–Crippen MR) is 111 cm³/mol. The maximum atomic E-state index is 12.7. The van der Waals surface area contributed by atoms with Crippen molar-refractivity contribution < 1.29 is 19.4 Å². The van der Waals surface area contributed by atoms with Crippen LogP contribution in [0, 0.1) is 16.2 Å². The molecule has 0 aromatic heterocycles. The summed E-state index contributed by atoms with van der Waals surface area (Å²) < 4.78 is 5.92. The van der Waals surface area contributed by atoms with Crippen molar-refractivity contribution in [3.63, 3.8) is 0 Å². The molecule has 0 heterocycles. The van der Waals surface area contributed by atoms with E-state index in [4.69, 9.17) is 4.74 Å². The van der Waals surface area contributed by atoms with Crippen molar-refractivity contribution in [1.82, 2.24) is 5.32 Å². The number of hydrogen-bond acceptors (Lipinski definition) is 3. The maximum Gasteiger partial charge on any atom is 0.328 e. The lowest BCUT2D eigenvalue weighted by Gasteiger charge is -2.35. The molecule has 0 aliphatic heterocycles. The lowest BCUT2D eigenvalue weighted by Crippen LogP contribution is -2.50. The lowest BCUT2D eigenvalue weighted by atomic mass is 9.79. The van der Waals surface area contributed by atoms with Crippen LogP contribution in [-0.2, 0) is 14.3 Å². The molecule has 0 saturated carbocycles. The molecule has 0 fully saturated rings. The normalized spacial score (nSPS) is 14.7. The Balaban J connectivity index is 4.91. The van der Waals surface area contributed by atoms with Gasteiger partial charge in [-0.15, -0.1) is 0 Å². The van der Waals surface area contributed by atoms with E-state index in [1.807, 2.05) is 27.7 Å². The molecule has 0 bridgehead atoms. The van der Waals surface area contributed by atoms with Crippen molar-refractivity contribution >= 4 is 11.9 Å². The fourth-order valence-electron chi connectivity index (χ4n) is 2.97. The summed E-state index contributed by atoms with van der Waals surface area (Å²) in [5.41, 5.74) is -0.843. The first-order valence-corrected chi connectivity index (χ1v) is 10.1. The number of hydrogen-bond donors (Lipinski definition) is 2. The van der Waals surface area contributed by atoms with Crippen molar-refractivity contribution in [2.45, 2.75) is 107 Å². The molecule has 0 aliphatic rings. The predicted octanol–water partition coefficient (Wildman–Crippen LogP) is 5.03. The van der Waals surface area contributed by atoms with E-state index in [9.17, 15) is 14.7 Å². The molecule has 2 N–H and O–H groups in total. The Hall–Kier alpha value is -1.10. The van der Waals surface area contributed by atoms with Gasteiger partial charge in [0.25, 0.3) is 0 Å². The number of rotatable bonds is 11. The van der Waals surface area contributed by atoms with Gasteiger partial charge in [-0.05, 0) is 43.9 Å². The van der Waals surface area contributed by atoms with Gasteiger partial charge in [-0.3, -0.25) is 4.79 Å². The molecular formula is C22H43NO4. The van der Waals surface area contributed by atoms with Gasteiger partial charge >= 0.3 is 5.97 Å². The van der Waals surface area contributed by atoms with E-state index in [1.54, 1.807) is 0 Å². The van der Waals surface area contributed by atoms with E-state index < -0.39 is 23.0 Å². The van der Waals surface area contributed by atoms with E-state index >= 15 is 0 Å². The van der Waals surface area contributed by atoms with Crippen molar-refractivity contribution in [2.24, 2.45) is 16.2 Å². The van der Waals surface area contributed by atoms with Crippen LogP contribution in [-0.4, -0.2) is 35.2 Å². The Kier molecular flexibility index (Phi) is 9.02. The summed E-state index contributed by atoms with van der Waals surface area (Å²) in [6.07, 6.45) is 3.42. The second-order valence-corrected chi connectivity index (χ2v) is 11.1. The Morgan fingerprint density at radius 3 is 1.89 bits per heavy atom. The molecule has 1 unspecified atom stereocenters. The molecule has 0 saturated heterocycles. The number of carboxylic acids is 1. The molecule has 27 heavy (non-hydrogen) atoms. The standard InChI is InChI=1S/C22H43NO4/c1-11-20(5,6)15-22(9,10)27-14-16(17(24)25)23-18(26)21(7,8)13-12-19(2,3)4/h16H,11-15H2,1-10H3,(H,23,26)(H,24,25). The number of carboxylic acid groups (broad SMARTS) is 1. The molecule has 0 aromatic carbocycles.